The molecule has 1 aromatic heterocycles. The number of halogens is 1. The number of hydrogen-bond donors (Lipinski definition) is 3. The molecule has 1 fully saturated rings. The normalized spacial score (nSPS) is 18.6. The van der Waals surface area contributed by atoms with Gasteiger partial charge in [-0.3, -0.25) is 4.79 Å². The van der Waals surface area contributed by atoms with Gasteiger partial charge < -0.3 is 11.1 Å². The predicted octanol–water partition coefficient (Wildman–Crippen LogP) is 1.74. The first-order valence-electron chi connectivity index (χ1n) is 6.42. The molecule has 1 aliphatic carbocycles. The molecule has 1 unspecified atom stereocenters. The quantitative estimate of drug-likeness (QED) is 0.778. The molecule has 0 radical (unpaired) electrons. The molecular formula is C12H19ClN4O. The Hall–Kier alpha value is -1.07. The van der Waals surface area contributed by atoms with E-state index >= 15 is 0 Å². The fraction of sp³-hybridized carbons (Fsp3) is 0.667. The maximum absolute atomic E-state index is 11.4. The summed E-state index contributed by atoms with van der Waals surface area (Å²) in [4.78, 5) is 11.4. The topological polar surface area (TPSA) is 83.8 Å². The van der Waals surface area contributed by atoms with Crippen molar-refractivity contribution in [3.05, 3.63) is 21.6 Å². The molecule has 2 rings (SSSR count). The Labute approximate surface area is 111 Å². The molecule has 18 heavy (non-hydrogen) atoms. The zero-order valence-corrected chi connectivity index (χ0v) is 11.0. The first-order valence-corrected chi connectivity index (χ1v) is 6.80. The highest BCUT2D eigenvalue weighted by atomic mass is 35.5. The second-order valence-corrected chi connectivity index (χ2v) is 5.19. The zero-order chi connectivity index (χ0) is 13.0. The minimum Gasteiger partial charge on any atom is -0.378 e. The largest absolute Gasteiger partial charge is 0.378 e. The number of hydrogen-bond acceptors (Lipinski definition) is 4. The Kier molecular flexibility index (Phi) is 4.60. The number of H-pyrrole nitrogens is 1. The molecule has 0 amide bonds. The third-order valence-corrected chi connectivity index (χ3v) is 3.98. The van der Waals surface area contributed by atoms with Gasteiger partial charge >= 0.3 is 0 Å². The fourth-order valence-electron chi connectivity index (χ4n) is 2.59. The summed E-state index contributed by atoms with van der Waals surface area (Å²) >= 11 is 5.95. The van der Waals surface area contributed by atoms with Gasteiger partial charge in [0.15, 0.2) is 0 Å². The van der Waals surface area contributed by atoms with Crippen molar-refractivity contribution in [2.75, 3.05) is 11.9 Å². The van der Waals surface area contributed by atoms with E-state index in [0.29, 0.717) is 18.2 Å². The number of anilines is 1. The van der Waals surface area contributed by atoms with Gasteiger partial charge in [-0.1, -0.05) is 30.9 Å². The van der Waals surface area contributed by atoms with Crippen LogP contribution < -0.4 is 16.6 Å². The summed E-state index contributed by atoms with van der Waals surface area (Å²) < 4.78 is 0. The van der Waals surface area contributed by atoms with Crippen LogP contribution in [0.15, 0.2) is 11.0 Å². The number of aromatic nitrogens is 2. The van der Waals surface area contributed by atoms with Crippen LogP contribution in [-0.2, 0) is 0 Å². The summed E-state index contributed by atoms with van der Waals surface area (Å²) in [5, 5.41) is 9.47. The Morgan fingerprint density at radius 3 is 2.89 bits per heavy atom. The Morgan fingerprint density at radius 1 is 1.50 bits per heavy atom. The Morgan fingerprint density at radius 2 is 2.22 bits per heavy atom. The molecule has 0 aromatic carbocycles. The van der Waals surface area contributed by atoms with Crippen LogP contribution in [0.5, 0.6) is 0 Å². The van der Waals surface area contributed by atoms with Crippen LogP contribution in [0.1, 0.15) is 32.1 Å². The summed E-state index contributed by atoms with van der Waals surface area (Å²) in [7, 11) is 0. The van der Waals surface area contributed by atoms with E-state index in [0.717, 1.165) is 0 Å². The number of aromatic amines is 1. The van der Waals surface area contributed by atoms with Crippen LogP contribution in [-0.4, -0.2) is 22.8 Å². The van der Waals surface area contributed by atoms with Crippen molar-refractivity contribution in [3.8, 4) is 0 Å². The van der Waals surface area contributed by atoms with E-state index in [1.54, 1.807) is 0 Å². The van der Waals surface area contributed by atoms with E-state index in [-0.39, 0.29) is 16.6 Å². The van der Waals surface area contributed by atoms with E-state index in [1.807, 2.05) is 0 Å². The van der Waals surface area contributed by atoms with Crippen LogP contribution in [0.4, 0.5) is 5.69 Å². The van der Waals surface area contributed by atoms with E-state index in [4.69, 9.17) is 17.3 Å². The highest BCUT2D eigenvalue weighted by Gasteiger charge is 2.23. The third kappa shape index (κ3) is 3.03. The van der Waals surface area contributed by atoms with Gasteiger partial charge in [0.05, 0.1) is 11.9 Å². The van der Waals surface area contributed by atoms with E-state index in [9.17, 15) is 4.79 Å². The van der Waals surface area contributed by atoms with Crippen LogP contribution in [0.2, 0.25) is 5.02 Å². The van der Waals surface area contributed by atoms with Gasteiger partial charge in [0.2, 0.25) is 0 Å². The second kappa shape index (κ2) is 6.20. The van der Waals surface area contributed by atoms with E-state index in [2.05, 4.69) is 15.5 Å². The molecular weight excluding hydrogens is 252 g/mol. The van der Waals surface area contributed by atoms with Crippen LogP contribution in [0, 0.1) is 5.92 Å². The fourth-order valence-corrected chi connectivity index (χ4v) is 2.74. The molecule has 0 aliphatic heterocycles. The van der Waals surface area contributed by atoms with Gasteiger partial charge in [0.25, 0.3) is 5.56 Å². The van der Waals surface area contributed by atoms with E-state index < -0.39 is 0 Å². The lowest BCUT2D eigenvalue weighted by molar-refractivity contribution is 0.320. The Balaban J connectivity index is 2.09. The summed E-state index contributed by atoms with van der Waals surface area (Å²) in [6.45, 7) is 0.536. The molecule has 0 saturated heterocycles. The van der Waals surface area contributed by atoms with Gasteiger partial charge in [-0.2, -0.15) is 5.10 Å². The SMILES string of the molecule is NCC(Nc1cn[nH]c(=O)c1Cl)C1CCCCC1. The van der Waals surface area contributed by atoms with Crippen molar-refractivity contribution >= 4 is 17.3 Å². The lowest BCUT2D eigenvalue weighted by atomic mass is 9.84. The lowest BCUT2D eigenvalue weighted by Gasteiger charge is -2.30. The summed E-state index contributed by atoms with van der Waals surface area (Å²) in [6.07, 6.45) is 7.72. The van der Waals surface area contributed by atoms with Crippen molar-refractivity contribution < 1.29 is 0 Å². The Bertz CT molecular complexity index is 442. The van der Waals surface area contributed by atoms with Gasteiger partial charge in [-0.15, -0.1) is 0 Å². The summed E-state index contributed by atoms with van der Waals surface area (Å²) in [5.74, 6) is 0.555. The van der Waals surface area contributed by atoms with Gasteiger partial charge in [0.1, 0.15) is 5.02 Å². The molecule has 1 aliphatic rings. The minimum absolute atomic E-state index is 0.152. The highest BCUT2D eigenvalue weighted by Crippen LogP contribution is 2.28. The molecule has 1 heterocycles. The van der Waals surface area contributed by atoms with Crippen LogP contribution >= 0.6 is 11.6 Å². The van der Waals surface area contributed by atoms with Crippen molar-refractivity contribution in [3.63, 3.8) is 0 Å². The van der Waals surface area contributed by atoms with Gasteiger partial charge in [-0.05, 0) is 18.8 Å². The zero-order valence-electron chi connectivity index (χ0n) is 10.3. The first-order chi connectivity index (χ1) is 8.72. The van der Waals surface area contributed by atoms with Gasteiger partial charge in [0, 0.05) is 12.6 Å². The average molecular weight is 271 g/mol. The van der Waals surface area contributed by atoms with Crippen molar-refractivity contribution in [1.29, 1.82) is 0 Å². The van der Waals surface area contributed by atoms with E-state index in [1.165, 1.54) is 38.3 Å². The average Bonchev–Trinajstić information content (AvgIpc) is 2.41. The summed E-state index contributed by atoms with van der Waals surface area (Å²) in [6, 6.07) is 0.159. The van der Waals surface area contributed by atoms with Crippen molar-refractivity contribution in [2.24, 2.45) is 11.7 Å². The third-order valence-electron chi connectivity index (χ3n) is 3.61. The molecule has 100 valence electrons. The predicted molar refractivity (Wildman–Crippen MR) is 72.9 cm³/mol. The van der Waals surface area contributed by atoms with Crippen LogP contribution in [0.3, 0.4) is 0 Å². The maximum Gasteiger partial charge on any atom is 0.285 e. The first kappa shape index (κ1) is 13.4. The van der Waals surface area contributed by atoms with Crippen molar-refractivity contribution in [2.45, 2.75) is 38.1 Å². The van der Waals surface area contributed by atoms with Crippen molar-refractivity contribution in [1.82, 2.24) is 10.2 Å². The molecule has 1 aromatic rings. The smallest absolute Gasteiger partial charge is 0.285 e. The molecule has 0 bridgehead atoms. The number of nitrogens with one attached hydrogen (secondary N) is 2. The summed E-state index contributed by atoms with van der Waals surface area (Å²) in [5.41, 5.74) is 6.02. The molecule has 0 spiro atoms. The van der Waals surface area contributed by atoms with Gasteiger partial charge in [-0.25, -0.2) is 5.10 Å². The molecule has 4 N–H and O–H groups in total. The van der Waals surface area contributed by atoms with Crippen LogP contribution in [0.25, 0.3) is 0 Å². The number of nitrogens with two attached hydrogens (primary N) is 1. The molecule has 6 heteroatoms. The number of rotatable bonds is 4. The highest BCUT2D eigenvalue weighted by molar-refractivity contribution is 6.32. The maximum atomic E-state index is 11.4. The molecule has 1 saturated carbocycles. The molecule has 1 atom stereocenters. The lowest BCUT2D eigenvalue weighted by Crippen LogP contribution is -2.37. The second-order valence-electron chi connectivity index (χ2n) is 4.81. The monoisotopic (exact) mass is 270 g/mol. The standard InChI is InChI=1S/C12H19ClN4O/c13-11-10(7-15-17-12(11)18)16-9(6-14)8-4-2-1-3-5-8/h7-9H,1-6,14H2,(H2,16,17,18). The number of nitrogens with zero attached hydrogens (tertiary/aromatic N) is 1. The minimum atomic E-state index is -0.374. The molecule has 5 nitrogen and oxygen atoms in total.